The summed E-state index contributed by atoms with van der Waals surface area (Å²) in [5.41, 5.74) is 5.80. The molecule has 1 unspecified atom stereocenters. The van der Waals surface area contributed by atoms with Crippen LogP contribution in [0.1, 0.15) is 37.1 Å². The molecule has 4 N–H and O–H groups in total. The summed E-state index contributed by atoms with van der Waals surface area (Å²) < 4.78 is 0. The van der Waals surface area contributed by atoms with Gasteiger partial charge < -0.3 is 16.3 Å². The van der Waals surface area contributed by atoms with E-state index in [1.807, 2.05) is 0 Å². The Morgan fingerprint density at radius 2 is 2.47 bits per heavy atom. The molecule has 1 fully saturated rings. The first-order valence-corrected chi connectivity index (χ1v) is 6.76. The quantitative estimate of drug-likeness (QED) is 0.315. The zero-order valence-electron chi connectivity index (χ0n) is 10.0. The molecule has 0 aromatic carbocycles. The van der Waals surface area contributed by atoms with E-state index in [1.54, 1.807) is 11.3 Å². The van der Waals surface area contributed by atoms with Gasteiger partial charge in [-0.1, -0.05) is 11.2 Å². The average molecular weight is 253 g/mol. The van der Waals surface area contributed by atoms with Crippen molar-refractivity contribution in [3.05, 3.63) is 22.4 Å². The van der Waals surface area contributed by atoms with Crippen molar-refractivity contribution in [1.82, 2.24) is 5.32 Å². The smallest absolute Gasteiger partial charge is 0.139 e. The van der Waals surface area contributed by atoms with Crippen molar-refractivity contribution in [2.45, 2.75) is 32.2 Å². The summed E-state index contributed by atoms with van der Waals surface area (Å²) in [6, 6.07) is 4.59. The van der Waals surface area contributed by atoms with E-state index in [4.69, 9.17) is 10.9 Å². The number of thiophene rings is 1. The van der Waals surface area contributed by atoms with E-state index >= 15 is 0 Å². The minimum absolute atomic E-state index is 0.224. The number of nitrogens with one attached hydrogen (secondary N) is 1. The fourth-order valence-electron chi connectivity index (χ4n) is 2.02. The number of oxime groups is 1. The SMILES string of the molecule is CC(NCC1(CC(N)=NO)CC1)c1cccs1. The fraction of sp³-hybridized carbons (Fsp3) is 0.583. The van der Waals surface area contributed by atoms with Gasteiger partial charge in [0.25, 0.3) is 0 Å². The first-order chi connectivity index (χ1) is 8.15. The number of hydrogen-bond acceptors (Lipinski definition) is 4. The molecule has 1 aliphatic carbocycles. The molecule has 1 aromatic heterocycles. The van der Waals surface area contributed by atoms with Crippen LogP contribution in [0.25, 0.3) is 0 Å². The first-order valence-electron chi connectivity index (χ1n) is 5.88. The van der Waals surface area contributed by atoms with Crippen LogP contribution in [-0.2, 0) is 0 Å². The van der Waals surface area contributed by atoms with E-state index in [9.17, 15) is 0 Å². The maximum absolute atomic E-state index is 8.60. The normalized spacial score (nSPS) is 20.2. The summed E-state index contributed by atoms with van der Waals surface area (Å²) >= 11 is 1.77. The summed E-state index contributed by atoms with van der Waals surface area (Å²) in [6.45, 7) is 3.10. The summed E-state index contributed by atoms with van der Waals surface area (Å²) in [7, 11) is 0. The summed E-state index contributed by atoms with van der Waals surface area (Å²) in [4.78, 5) is 1.35. The van der Waals surface area contributed by atoms with Crippen molar-refractivity contribution in [2.75, 3.05) is 6.54 Å². The van der Waals surface area contributed by atoms with Gasteiger partial charge in [0.2, 0.25) is 0 Å². The van der Waals surface area contributed by atoms with E-state index in [0.717, 1.165) is 19.4 Å². The van der Waals surface area contributed by atoms with Gasteiger partial charge in [-0.2, -0.15) is 0 Å². The molecule has 5 heteroatoms. The van der Waals surface area contributed by atoms with E-state index in [2.05, 4.69) is 34.9 Å². The zero-order valence-corrected chi connectivity index (χ0v) is 10.8. The molecular formula is C12H19N3OS. The number of nitrogens with two attached hydrogens (primary N) is 1. The highest BCUT2D eigenvalue weighted by atomic mass is 32.1. The van der Waals surface area contributed by atoms with Crippen molar-refractivity contribution >= 4 is 17.2 Å². The third-order valence-corrected chi connectivity index (χ3v) is 4.45. The Morgan fingerprint density at radius 1 is 1.71 bits per heavy atom. The Bertz CT molecular complexity index is 384. The minimum atomic E-state index is 0.224. The molecule has 2 rings (SSSR count). The molecule has 4 nitrogen and oxygen atoms in total. The molecule has 0 spiro atoms. The number of rotatable bonds is 6. The predicted octanol–water partition coefficient (Wildman–Crippen LogP) is 2.32. The summed E-state index contributed by atoms with van der Waals surface area (Å²) in [5.74, 6) is 0.341. The van der Waals surface area contributed by atoms with E-state index in [-0.39, 0.29) is 5.41 Å². The fourth-order valence-corrected chi connectivity index (χ4v) is 2.78. The lowest BCUT2D eigenvalue weighted by molar-refractivity contribution is 0.313. The molecule has 1 heterocycles. The van der Waals surface area contributed by atoms with Crippen molar-refractivity contribution in [3.8, 4) is 0 Å². The molecule has 17 heavy (non-hydrogen) atoms. The van der Waals surface area contributed by atoms with Gasteiger partial charge >= 0.3 is 0 Å². The minimum Gasteiger partial charge on any atom is -0.409 e. The van der Waals surface area contributed by atoms with Crippen LogP contribution in [0.4, 0.5) is 0 Å². The highest BCUT2D eigenvalue weighted by molar-refractivity contribution is 7.10. The molecule has 0 bridgehead atoms. The molecule has 1 saturated carbocycles. The molecule has 1 aromatic rings. The molecule has 0 radical (unpaired) electrons. The van der Waals surface area contributed by atoms with E-state index < -0.39 is 0 Å². The van der Waals surface area contributed by atoms with Crippen LogP contribution in [0, 0.1) is 5.41 Å². The van der Waals surface area contributed by atoms with Crippen LogP contribution in [0.15, 0.2) is 22.7 Å². The van der Waals surface area contributed by atoms with Gasteiger partial charge in [0.1, 0.15) is 5.84 Å². The standard InChI is InChI=1S/C12H19N3OS/c1-9(10-3-2-6-17-10)14-8-12(4-5-12)7-11(13)15-16/h2-3,6,9,14,16H,4-5,7-8H2,1H3,(H2,13,15). The summed E-state index contributed by atoms with van der Waals surface area (Å²) in [5, 5.41) is 17.3. The Kier molecular flexibility index (Phi) is 3.69. The Labute approximate surface area is 106 Å². The predicted molar refractivity (Wildman–Crippen MR) is 70.4 cm³/mol. The summed E-state index contributed by atoms with van der Waals surface area (Å²) in [6.07, 6.45) is 3.01. The number of amidine groups is 1. The average Bonchev–Trinajstić information content (AvgIpc) is 2.88. The van der Waals surface area contributed by atoms with Gasteiger partial charge in [0.05, 0.1) is 0 Å². The van der Waals surface area contributed by atoms with Gasteiger partial charge in [0.15, 0.2) is 0 Å². The monoisotopic (exact) mass is 253 g/mol. The van der Waals surface area contributed by atoms with Gasteiger partial charge in [-0.05, 0) is 36.6 Å². The zero-order chi connectivity index (χ0) is 12.3. The number of nitrogens with zero attached hydrogens (tertiary/aromatic N) is 1. The third kappa shape index (κ3) is 3.20. The maximum Gasteiger partial charge on any atom is 0.139 e. The lowest BCUT2D eigenvalue weighted by Crippen LogP contribution is -2.29. The van der Waals surface area contributed by atoms with Crippen LogP contribution in [-0.4, -0.2) is 17.6 Å². The molecule has 0 aliphatic heterocycles. The lowest BCUT2D eigenvalue weighted by atomic mass is 10.0. The Hall–Kier alpha value is -1.07. The van der Waals surface area contributed by atoms with E-state index in [0.29, 0.717) is 18.3 Å². The number of hydrogen-bond donors (Lipinski definition) is 3. The molecule has 94 valence electrons. The van der Waals surface area contributed by atoms with Gasteiger partial charge in [0, 0.05) is 23.9 Å². The van der Waals surface area contributed by atoms with Crippen LogP contribution in [0.2, 0.25) is 0 Å². The van der Waals surface area contributed by atoms with Crippen LogP contribution >= 0.6 is 11.3 Å². The second-order valence-electron chi connectivity index (χ2n) is 4.89. The Balaban J connectivity index is 1.82. The van der Waals surface area contributed by atoms with Crippen LogP contribution in [0.5, 0.6) is 0 Å². The Morgan fingerprint density at radius 3 is 3.00 bits per heavy atom. The first kappa shape index (κ1) is 12.4. The molecule has 1 aliphatic rings. The molecule has 0 amide bonds. The van der Waals surface area contributed by atoms with Crippen molar-refractivity contribution in [1.29, 1.82) is 0 Å². The molecular weight excluding hydrogens is 234 g/mol. The second kappa shape index (κ2) is 5.06. The second-order valence-corrected chi connectivity index (χ2v) is 5.87. The van der Waals surface area contributed by atoms with Crippen LogP contribution < -0.4 is 11.1 Å². The van der Waals surface area contributed by atoms with E-state index in [1.165, 1.54) is 4.88 Å². The third-order valence-electron chi connectivity index (χ3n) is 3.39. The largest absolute Gasteiger partial charge is 0.409 e. The highest BCUT2D eigenvalue weighted by Gasteiger charge is 2.43. The lowest BCUT2D eigenvalue weighted by Gasteiger charge is -2.18. The molecule has 1 atom stereocenters. The van der Waals surface area contributed by atoms with Crippen molar-refractivity contribution in [3.63, 3.8) is 0 Å². The van der Waals surface area contributed by atoms with Crippen molar-refractivity contribution in [2.24, 2.45) is 16.3 Å². The van der Waals surface area contributed by atoms with Gasteiger partial charge in [-0.3, -0.25) is 0 Å². The van der Waals surface area contributed by atoms with Gasteiger partial charge in [-0.25, -0.2) is 0 Å². The topological polar surface area (TPSA) is 70.6 Å². The van der Waals surface area contributed by atoms with Gasteiger partial charge in [-0.15, -0.1) is 11.3 Å². The highest BCUT2D eigenvalue weighted by Crippen LogP contribution is 2.48. The molecule has 0 saturated heterocycles. The van der Waals surface area contributed by atoms with Crippen molar-refractivity contribution < 1.29 is 5.21 Å². The maximum atomic E-state index is 8.60. The van der Waals surface area contributed by atoms with Crippen LogP contribution in [0.3, 0.4) is 0 Å².